The third-order valence-corrected chi connectivity index (χ3v) is 1.26. The molecule has 1 atom stereocenters. The lowest BCUT2D eigenvalue weighted by Gasteiger charge is -2.07. The molecule has 4 nitrogen and oxygen atoms in total. The number of hydrogen-bond acceptors (Lipinski definition) is 4. The molecule has 0 saturated heterocycles. The minimum Gasteiger partial charge on any atom is -0.464 e. The maximum atomic E-state index is 10.8. The minimum atomic E-state index is -0.546. The van der Waals surface area contributed by atoms with Gasteiger partial charge in [0.1, 0.15) is 12.8 Å². The van der Waals surface area contributed by atoms with Crippen molar-refractivity contribution in [3.63, 3.8) is 0 Å². The molecule has 0 heterocycles. The highest BCUT2D eigenvalue weighted by molar-refractivity contribution is 5.69. The zero-order valence-corrected chi connectivity index (χ0v) is 7.67. The second-order valence-corrected chi connectivity index (χ2v) is 2.60. The fourth-order valence-electron chi connectivity index (χ4n) is 0.709. The molecule has 4 heteroatoms. The van der Waals surface area contributed by atoms with Gasteiger partial charge in [0.15, 0.2) is 0 Å². The van der Waals surface area contributed by atoms with Crippen molar-refractivity contribution in [1.82, 2.24) is 5.32 Å². The Hall–Kier alpha value is -0.610. The zero-order valence-electron chi connectivity index (χ0n) is 7.67. The smallest absolute Gasteiger partial charge is 0.305 e. The number of ether oxygens (including phenoxy) is 1. The lowest BCUT2D eigenvalue weighted by atomic mass is 10.3. The van der Waals surface area contributed by atoms with Gasteiger partial charge in [0.05, 0.1) is 0 Å². The highest BCUT2D eigenvalue weighted by Crippen LogP contribution is 1.89. The lowest BCUT2D eigenvalue weighted by Crippen LogP contribution is -2.29. The SMILES string of the molecule is CCCC(=O)OCCNC(C)O. The number of rotatable bonds is 6. The van der Waals surface area contributed by atoms with Crippen LogP contribution in [-0.2, 0) is 9.53 Å². The van der Waals surface area contributed by atoms with Gasteiger partial charge in [-0.15, -0.1) is 0 Å². The van der Waals surface area contributed by atoms with Crippen LogP contribution in [0.1, 0.15) is 26.7 Å². The van der Waals surface area contributed by atoms with Crippen LogP contribution in [-0.4, -0.2) is 30.5 Å². The fourth-order valence-corrected chi connectivity index (χ4v) is 0.709. The van der Waals surface area contributed by atoms with Crippen molar-refractivity contribution in [2.75, 3.05) is 13.2 Å². The highest BCUT2D eigenvalue weighted by Gasteiger charge is 1.99. The summed E-state index contributed by atoms with van der Waals surface area (Å²) in [5.74, 6) is -0.176. The maximum Gasteiger partial charge on any atom is 0.305 e. The number of carbonyl (C=O) groups excluding carboxylic acids is 1. The molecular weight excluding hydrogens is 158 g/mol. The van der Waals surface area contributed by atoms with E-state index in [4.69, 9.17) is 9.84 Å². The van der Waals surface area contributed by atoms with E-state index in [0.717, 1.165) is 6.42 Å². The molecule has 12 heavy (non-hydrogen) atoms. The van der Waals surface area contributed by atoms with E-state index in [1.807, 2.05) is 6.92 Å². The van der Waals surface area contributed by atoms with Gasteiger partial charge in [0.25, 0.3) is 0 Å². The summed E-state index contributed by atoms with van der Waals surface area (Å²) in [5, 5.41) is 11.5. The molecule has 0 saturated carbocycles. The summed E-state index contributed by atoms with van der Waals surface area (Å²) in [4.78, 5) is 10.8. The first kappa shape index (κ1) is 11.4. The van der Waals surface area contributed by atoms with Crippen LogP contribution in [0.2, 0.25) is 0 Å². The first-order chi connectivity index (χ1) is 5.66. The van der Waals surface area contributed by atoms with Gasteiger partial charge < -0.3 is 9.84 Å². The summed E-state index contributed by atoms with van der Waals surface area (Å²) < 4.78 is 4.82. The van der Waals surface area contributed by atoms with Gasteiger partial charge in [-0.3, -0.25) is 10.1 Å². The molecule has 0 rings (SSSR count). The van der Waals surface area contributed by atoms with E-state index in [1.165, 1.54) is 0 Å². The Balaban J connectivity index is 3.14. The molecule has 0 amide bonds. The number of aliphatic hydroxyl groups is 1. The van der Waals surface area contributed by atoms with Crippen molar-refractivity contribution in [2.45, 2.75) is 32.9 Å². The van der Waals surface area contributed by atoms with Crippen molar-refractivity contribution in [2.24, 2.45) is 0 Å². The highest BCUT2D eigenvalue weighted by atomic mass is 16.5. The molecule has 1 unspecified atom stereocenters. The first-order valence-electron chi connectivity index (χ1n) is 4.24. The Kier molecular flexibility index (Phi) is 6.70. The largest absolute Gasteiger partial charge is 0.464 e. The minimum absolute atomic E-state index is 0.176. The Morgan fingerprint density at radius 3 is 2.83 bits per heavy atom. The third-order valence-electron chi connectivity index (χ3n) is 1.26. The van der Waals surface area contributed by atoms with Crippen LogP contribution in [0.15, 0.2) is 0 Å². The molecule has 0 fully saturated rings. The number of esters is 1. The van der Waals surface area contributed by atoms with E-state index in [9.17, 15) is 4.79 Å². The molecule has 0 aromatic carbocycles. The van der Waals surface area contributed by atoms with E-state index in [-0.39, 0.29) is 5.97 Å². The molecule has 0 aliphatic carbocycles. The Morgan fingerprint density at radius 1 is 1.67 bits per heavy atom. The predicted octanol–water partition coefficient (Wildman–Crippen LogP) is 0.258. The van der Waals surface area contributed by atoms with Gasteiger partial charge in [-0.25, -0.2) is 0 Å². The van der Waals surface area contributed by atoms with E-state index in [2.05, 4.69) is 5.32 Å². The topological polar surface area (TPSA) is 58.6 Å². The quantitative estimate of drug-likeness (QED) is 0.345. The first-order valence-corrected chi connectivity index (χ1v) is 4.24. The van der Waals surface area contributed by atoms with Gasteiger partial charge in [-0.1, -0.05) is 6.92 Å². The van der Waals surface area contributed by atoms with E-state index < -0.39 is 6.23 Å². The third kappa shape index (κ3) is 7.50. The molecule has 0 aliphatic rings. The number of carbonyl (C=O) groups is 1. The molecule has 72 valence electrons. The van der Waals surface area contributed by atoms with Gasteiger partial charge in [0.2, 0.25) is 0 Å². The second-order valence-electron chi connectivity index (χ2n) is 2.60. The van der Waals surface area contributed by atoms with Crippen molar-refractivity contribution in [3.05, 3.63) is 0 Å². The average molecular weight is 175 g/mol. The summed E-state index contributed by atoms with van der Waals surface area (Å²) >= 11 is 0. The summed E-state index contributed by atoms with van der Waals surface area (Å²) in [5.41, 5.74) is 0. The fraction of sp³-hybridized carbons (Fsp3) is 0.875. The molecule has 0 spiro atoms. The van der Waals surface area contributed by atoms with Crippen molar-refractivity contribution >= 4 is 5.97 Å². The summed E-state index contributed by atoms with van der Waals surface area (Å²) in [7, 11) is 0. The average Bonchev–Trinajstić information content (AvgIpc) is 1.98. The van der Waals surface area contributed by atoms with Crippen LogP contribution in [0, 0.1) is 0 Å². The molecule has 0 aliphatic heterocycles. The van der Waals surface area contributed by atoms with Gasteiger partial charge in [0, 0.05) is 13.0 Å². The van der Waals surface area contributed by atoms with Crippen molar-refractivity contribution in [3.8, 4) is 0 Å². The Morgan fingerprint density at radius 2 is 2.33 bits per heavy atom. The standard InChI is InChI=1S/C8H17NO3/c1-3-4-8(11)12-6-5-9-7(2)10/h7,9-10H,3-6H2,1-2H3. The number of aliphatic hydroxyl groups excluding tert-OH is 1. The van der Waals surface area contributed by atoms with Crippen LogP contribution in [0.4, 0.5) is 0 Å². The predicted molar refractivity (Wildman–Crippen MR) is 45.6 cm³/mol. The molecule has 2 N–H and O–H groups in total. The van der Waals surface area contributed by atoms with Crippen molar-refractivity contribution in [1.29, 1.82) is 0 Å². The van der Waals surface area contributed by atoms with Crippen molar-refractivity contribution < 1.29 is 14.6 Å². The summed E-state index contributed by atoms with van der Waals surface area (Å²) in [6.45, 7) is 4.36. The van der Waals surface area contributed by atoms with Gasteiger partial charge >= 0.3 is 5.97 Å². The Labute approximate surface area is 72.9 Å². The van der Waals surface area contributed by atoms with E-state index >= 15 is 0 Å². The summed E-state index contributed by atoms with van der Waals surface area (Å²) in [6, 6.07) is 0. The normalized spacial score (nSPS) is 12.6. The monoisotopic (exact) mass is 175 g/mol. The molecule has 0 bridgehead atoms. The van der Waals surface area contributed by atoms with Crippen LogP contribution >= 0.6 is 0 Å². The molecule has 0 aromatic rings. The van der Waals surface area contributed by atoms with Gasteiger partial charge in [-0.05, 0) is 13.3 Å². The summed E-state index contributed by atoms with van der Waals surface area (Å²) in [6.07, 6.45) is 0.729. The molecule has 0 radical (unpaired) electrons. The van der Waals surface area contributed by atoms with Crippen LogP contribution in [0.3, 0.4) is 0 Å². The lowest BCUT2D eigenvalue weighted by molar-refractivity contribution is -0.143. The van der Waals surface area contributed by atoms with E-state index in [0.29, 0.717) is 19.6 Å². The number of hydrogen-bond donors (Lipinski definition) is 2. The van der Waals surface area contributed by atoms with Crippen LogP contribution in [0.5, 0.6) is 0 Å². The number of nitrogens with one attached hydrogen (secondary N) is 1. The second kappa shape index (κ2) is 7.06. The Bertz CT molecular complexity index is 125. The van der Waals surface area contributed by atoms with E-state index in [1.54, 1.807) is 6.92 Å². The van der Waals surface area contributed by atoms with Gasteiger partial charge in [-0.2, -0.15) is 0 Å². The molecular formula is C8H17NO3. The van der Waals surface area contributed by atoms with Crippen LogP contribution < -0.4 is 5.32 Å². The maximum absolute atomic E-state index is 10.8. The molecule has 0 aromatic heterocycles. The zero-order chi connectivity index (χ0) is 9.40. The van der Waals surface area contributed by atoms with Crippen LogP contribution in [0.25, 0.3) is 0 Å².